The summed E-state index contributed by atoms with van der Waals surface area (Å²) in [7, 11) is 2.15. The molecule has 0 aliphatic carbocycles. The summed E-state index contributed by atoms with van der Waals surface area (Å²) in [6.07, 6.45) is 4.23. The highest BCUT2D eigenvalue weighted by atomic mass is 14.9. The zero-order chi connectivity index (χ0) is 38.1. The Morgan fingerprint density at radius 2 is 0.754 bits per heavy atom. The summed E-state index contributed by atoms with van der Waals surface area (Å²) in [6.45, 7) is 0. The van der Waals surface area contributed by atoms with Gasteiger partial charge in [-0.25, -0.2) is 4.57 Å². The lowest BCUT2D eigenvalue weighted by Gasteiger charge is -2.13. The van der Waals surface area contributed by atoms with E-state index in [1.807, 2.05) is 6.20 Å². The van der Waals surface area contributed by atoms with Gasteiger partial charge in [-0.2, -0.15) is 0 Å². The summed E-state index contributed by atoms with van der Waals surface area (Å²) in [5.74, 6) is 0. The first-order chi connectivity index (χ1) is 28.1. The van der Waals surface area contributed by atoms with E-state index in [-0.39, 0.29) is 0 Å². The lowest BCUT2D eigenvalue weighted by molar-refractivity contribution is -0.659. The molecule has 2 heterocycles. The molecule has 0 radical (unpaired) electrons. The highest BCUT2D eigenvalue weighted by Gasteiger charge is 2.17. The van der Waals surface area contributed by atoms with Crippen LogP contribution in [0.25, 0.3) is 99.7 Å². The molecule has 8 aromatic carbocycles. The van der Waals surface area contributed by atoms with E-state index in [1.165, 1.54) is 71.8 Å². The lowest BCUT2D eigenvalue weighted by atomic mass is 9.92. The lowest BCUT2D eigenvalue weighted by Crippen LogP contribution is -2.30. The number of pyridine rings is 2. The van der Waals surface area contributed by atoms with Crippen LogP contribution in [0.1, 0.15) is 0 Å². The van der Waals surface area contributed by atoms with Crippen LogP contribution in [-0.2, 0) is 7.05 Å². The van der Waals surface area contributed by atoms with E-state index in [2.05, 4.69) is 224 Å². The number of hydrogen-bond donors (Lipinski definition) is 0. The molecule has 0 aliphatic heterocycles. The number of aryl methyl sites for hydroxylation is 1. The first-order valence-electron chi connectivity index (χ1n) is 19.5. The molecular formula is C55H39N2+. The Balaban J connectivity index is 1.06. The third-order valence-corrected chi connectivity index (χ3v) is 11.0. The molecule has 0 atom stereocenters. The van der Waals surface area contributed by atoms with Gasteiger partial charge in [-0.1, -0.05) is 140 Å². The number of aromatic nitrogens is 2. The quantitative estimate of drug-likeness (QED) is 0.149. The van der Waals surface area contributed by atoms with Gasteiger partial charge in [0.05, 0.1) is 5.69 Å². The average molecular weight is 728 g/mol. The molecule has 0 aliphatic rings. The molecule has 0 saturated heterocycles. The Morgan fingerprint density at radius 1 is 0.298 bits per heavy atom. The van der Waals surface area contributed by atoms with Gasteiger partial charge < -0.3 is 0 Å². The molecule has 0 saturated carbocycles. The Bertz CT molecular complexity index is 3000. The van der Waals surface area contributed by atoms with Crippen LogP contribution in [-0.4, -0.2) is 4.98 Å². The largest absolute Gasteiger partial charge is 0.256 e. The minimum Gasteiger partial charge on any atom is -0.256 e. The monoisotopic (exact) mass is 727 g/mol. The van der Waals surface area contributed by atoms with Crippen molar-refractivity contribution in [1.82, 2.24) is 4.98 Å². The molecule has 57 heavy (non-hydrogen) atoms. The SMILES string of the molecule is C[n+]1cc2ccc(-c3cccc(-c4cc(-c5ccccc5)cc(-c5cc6ccccc6cn5)c4)c3)cc2cc1-c1cc(-c2ccccc2)cc(-c2ccccc2)c1. The number of rotatable bonds is 7. The van der Waals surface area contributed by atoms with Gasteiger partial charge >= 0.3 is 0 Å². The van der Waals surface area contributed by atoms with Gasteiger partial charge in [-0.15, -0.1) is 0 Å². The van der Waals surface area contributed by atoms with Crippen molar-refractivity contribution in [2.75, 3.05) is 0 Å². The average Bonchev–Trinajstić information content (AvgIpc) is 3.29. The highest BCUT2D eigenvalue weighted by molar-refractivity contribution is 5.91. The van der Waals surface area contributed by atoms with Crippen molar-refractivity contribution >= 4 is 21.5 Å². The standard InChI is InChI=1S/C55H39N2/c1-57-37-46-25-24-44(27-51(46)35-55(57)53-32-48(39-16-7-3-8-17-39)28-49(33-53)40-18-9-4-10-19-40)41-22-13-23-42(26-41)50-29-47(38-14-5-2-6-15-38)30-52(31-50)54-34-43-20-11-12-21-45(43)36-56-54/h2-37H,1H3/q+1. The fraction of sp³-hybridized carbons (Fsp3) is 0.0182. The van der Waals surface area contributed by atoms with Crippen LogP contribution < -0.4 is 4.57 Å². The summed E-state index contributed by atoms with van der Waals surface area (Å²) >= 11 is 0. The van der Waals surface area contributed by atoms with Crippen molar-refractivity contribution in [3.8, 4) is 78.1 Å². The van der Waals surface area contributed by atoms with Gasteiger partial charge in [-0.05, 0) is 127 Å². The van der Waals surface area contributed by atoms with Gasteiger partial charge in [-0.3, -0.25) is 4.98 Å². The minimum atomic E-state index is 0.965. The molecular weight excluding hydrogens is 689 g/mol. The number of benzene rings is 8. The van der Waals surface area contributed by atoms with E-state index < -0.39 is 0 Å². The van der Waals surface area contributed by atoms with Gasteiger partial charge in [0.2, 0.25) is 5.69 Å². The number of fused-ring (bicyclic) bond motifs is 2. The maximum atomic E-state index is 4.91. The molecule has 10 rings (SSSR count). The van der Waals surface area contributed by atoms with Gasteiger partial charge in [0.1, 0.15) is 7.05 Å². The Labute approximate surface area is 333 Å². The molecule has 0 fully saturated rings. The maximum Gasteiger partial charge on any atom is 0.212 e. The third kappa shape index (κ3) is 6.90. The second-order valence-electron chi connectivity index (χ2n) is 14.8. The van der Waals surface area contributed by atoms with Crippen LogP contribution in [0.4, 0.5) is 0 Å². The Morgan fingerprint density at radius 3 is 1.37 bits per heavy atom. The van der Waals surface area contributed by atoms with Crippen LogP contribution in [0.15, 0.2) is 219 Å². The molecule has 268 valence electrons. The van der Waals surface area contributed by atoms with Crippen LogP contribution in [0.2, 0.25) is 0 Å². The third-order valence-electron chi connectivity index (χ3n) is 11.0. The van der Waals surface area contributed by atoms with E-state index in [4.69, 9.17) is 4.98 Å². The molecule has 0 spiro atoms. The van der Waals surface area contributed by atoms with Crippen LogP contribution >= 0.6 is 0 Å². The predicted molar refractivity (Wildman–Crippen MR) is 238 cm³/mol. The van der Waals surface area contributed by atoms with Crippen molar-refractivity contribution < 1.29 is 4.57 Å². The Hall–Kier alpha value is -7.42. The van der Waals surface area contributed by atoms with Crippen LogP contribution in [0, 0.1) is 0 Å². The predicted octanol–water partition coefficient (Wildman–Crippen LogP) is 13.9. The topological polar surface area (TPSA) is 16.8 Å². The fourth-order valence-electron chi connectivity index (χ4n) is 8.04. The first kappa shape index (κ1) is 34.1. The van der Waals surface area contributed by atoms with Crippen molar-refractivity contribution in [3.63, 3.8) is 0 Å². The normalized spacial score (nSPS) is 11.2. The van der Waals surface area contributed by atoms with E-state index in [9.17, 15) is 0 Å². The zero-order valence-corrected chi connectivity index (χ0v) is 31.7. The number of nitrogens with zero attached hydrogens (tertiary/aromatic N) is 2. The molecule has 10 aromatic rings. The summed E-state index contributed by atoms with van der Waals surface area (Å²) in [5, 5.41) is 4.73. The smallest absolute Gasteiger partial charge is 0.212 e. The van der Waals surface area contributed by atoms with Crippen LogP contribution in [0.5, 0.6) is 0 Å². The highest BCUT2D eigenvalue weighted by Crippen LogP contribution is 2.37. The summed E-state index contributed by atoms with van der Waals surface area (Å²) in [6, 6.07) is 74.5. The second-order valence-corrected chi connectivity index (χ2v) is 14.8. The van der Waals surface area contributed by atoms with Gasteiger partial charge in [0, 0.05) is 34.2 Å². The number of hydrogen-bond acceptors (Lipinski definition) is 1. The minimum absolute atomic E-state index is 0.965. The van der Waals surface area contributed by atoms with Crippen molar-refractivity contribution in [3.05, 3.63) is 219 Å². The van der Waals surface area contributed by atoms with E-state index >= 15 is 0 Å². The summed E-state index contributed by atoms with van der Waals surface area (Å²) < 4.78 is 2.25. The van der Waals surface area contributed by atoms with Gasteiger partial charge in [0.15, 0.2) is 6.20 Å². The maximum absolute atomic E-state index is 4.91. The van der Waals surface area contributed by atoms with E-state index in [0.29, 0.717) is 0 Å². The molecule has 0 amide bonds. The molecule has 2 nitrogen and oxygen atoms in total. The first-order valence-corrected chi connectivity index (χ1v) is 19.5. The molecule has 0 unspecified atom stereocenters. The van der Waals surface area contributed by atoms with E-state index in [1.54, 1.807) is 0 Å². The fourth-order valence-corrected chi connectivity index (χ4v) is 8.04. The second kappa shape index (κ2) is 14.7. The molecule has 2 aromatic heterocycles. The summed E-state index contributed by atoms with van der Waals surface area (Å²) in [5.41, 5.74) is 16.3. The van der Waals surface area contributed by atoms with Crippen molar-refractivity contribution in [1.29, 1.82) is 0 Å². The van der Waals surface area contributed by atoms with Crippen molar-refractivity contribution in [2.45, 2.75) is 0 Å². The van der Waals surface area contributed by atoms with Gasteiger partial charge in [0.25, 0.3) is 0 Å². The molecule has 0 bridgehead atoms. The molecule has 0 N–H and O–H groups in total. The summed E-state index contributed by atoms with van der Waals surface area (Å²) in [4.78, 5) is 4.91. The van der Waals surface area contributed by atoms with Crippen molar-refractivity contribution in [2.24, 2.45) is 7.05 Å². The Kier molecular flexibility index (Phi) is 8.78. The van der Waals surface area contributed by atoms with Crippen LogP contribution in [0.3, 0.4) is 0 Å². The molecule has 2 heteroatoms. The zero-order valence-electron chi connectivity index (χ0n) is 31.7. The van der Waals surface area contributed by atoms with E-state index in [0.717, 1.165) is 27.9 Å².